The van der Waals surface area contributed by atoms with E-state index in [1.54, 1.807) is 0 Å². The zero-order chi connectivity index (χ0) is 12.7. The second kappa shape index (κ2) is 3.87. The van der Waals surface area contributed by atoms with Gasteiger partial charge in [-0.3, -0.25) is 5.41 Å². The molecule has 92 valence electrons. The minimum Gasteiger partial charge on any atom is -0.369 e. The van der Waals surface area contributed by atoms with Crippen LogP contribution in [0.4, 0.5) is 5.82 Å². The Kier molecular flexibility index (Phi) is 2.33. The van der Waals surface area contributed by atoms with Crippen LogP contribution in [0.1, 0.15) is 11.1 Å². The van der Waals surface area contributed by atoms with E-state index >= 15 is 0 Å². The van der Waals surface area contributed by atoms with E-state index in [9.17, 15) is 0 Å². The van der Waals surface area contributed by atoms with Crippen LogP contribution in [0.2, 0.25) is 0 Å². The first-order valence-corrected chi connectivity index (χ1v) is 5.94. The largest absolute Gasteiger partial charge is 0.369 e. The molecular formula is C13H15N5. The molecule has 3 rings (SSSR count). The van der Waals surface area contributed by atoms with Crippen molar-refractivity contribution in [1.82, 2.24) is 9.78 Å². The second-order valence-electron chi connectivity index (χ2n) is 4.52. The third-order valence-corrected chi connectivity index (χ3v) is 3.17. The van der Waals surface area contributed by atoms with Crippen molar-refractivity contribution in [1.29, 1.82) is 5.41 Å². The smallest absolute Gasteiger partial charge is 0.215 e. The molecule has 0 aliphatic carbocycles. The Bertz CT molecular complexity index is 626. The Morgan fingerprint density at radius 3 is 3.06 bits per heavy atom. The first kappa shape index (κ1) is 10.8. The van der Waals surface area contributed by atoms with Gasteiger partial charge in [0.2, 0.25) is 5.96 Å². The number of hydrogen-bond donors (Lipinski definition) is 3. The normalized spacial score (nSPS) is 13.2. The maximum absolute atomic E-state index is 7.56. The van der Waals surface area contributed by atoms with Crippen LogP contribution in [0.5, 0.6) is 0 Å². The van der Waals surface area contributed by atoms with Gasteiger partial charge >= 0.3 is 0 Å². The fourth-order valence-corrected chi connectivity index (χ4v) is 2.37. The number of nitrogens with zero attached hydrogens (tertiary/aromatic N) is 2. The Labute approximate surface area is 105 Å². The molecule has 1 aliphatic rings. The number of nitrogens with two attached hydrogens (primary N) is 1. The fraction of sp³-hybridized carbons (Fsp3) is 0.231. The first-order chi connectivity index (χ1) is 8.66. The number of benzene rings is 1. The van der Waals surface area contributed by atoms with Gasteiger partial charge in [0, 0.05) is 17.7 Å². The highest BCUT2D eigenvalue weighted by molar-refractivity contribution is 5.84. The van der Waals surface area contributed by atoms with Gasteiger partial charge in [-0.2, -0.15) is 9.78 Å². The number of nitrogen functional groups attached to an aromatic ring is 1. The van der Waals surface area contributed by atoms with E-state index in [1.165, 1.54) is 10.2 Å². The van der Waals surface area contributed by atoms with Crippen molar-refractivity contribution in [3.05, 3.63) is 35.4 Å². The van der Waals surface area contributed by atoms with Gasteiger partial charge in [-0.25, -0.2) is 0 Å². The van der Waals surface area contributed by atoms with Crippen LogP contribution in [0.3, 0.4) is 0 Å². The third-order valence-electron chi connectivity index (χ3n) is 3.17. The molecule has 0 saturated heterocycles. The van der Waals surface area contributed by atoms with Crippen molar-refractivity contribution in [3.63, 3.8) is 0 Å². The van der Waals surface area contributed by atoms with Gasteiger partial charge in [0.05, 0.1) is 5.69 Å². The maximum atomic E-state index is 7.56. The summed E-state index contributed by atoms with van der Waals surface area (Å²) < 4.78 is 1.47. The van der Waals surface area contributed by atoms with Crippen molar-refractivity contribution in [2.45, 2.75) is 13.3 Å². The molecular weight excluding hydrogens is 226 g/mol. The van der Waals surface area contributed by atoms with Crippen molar-refractivity contribution in [2.75, 3.05) is 11.9 Å². The molecule has 5 nitrogen and oxygen atoms in total. The van der Waals surface area contributed by atoms with Gasteiger partial charge in [0.25, 0.3) is 0 Å². The molecule has 1 aliphatic heterocycles. The van der Waals surface area contributed by atoms with Crippen LogP contribution in [0.25, 0.3) is 11.3 Å². The molecule has 0 radical (unpaired) electrons. The molecule has 0 fully saturated rings. The molecule has 0 amide bonds. The van der Waals surface area contributed by atoms with E-state index in [4.69, 9.17) is 11.1 Å². The SMILES string of the molecule is Cc1cccc(-c2nn(C(=N)N)c3c2CCN3)c1. The van der Waals surface area contributed by atoms with E-state index in [-0.39, 0.29) is 5.96 Å². The minimum absolute atomic E-state index is 0.0560. The Hall–Kier alpha value is -2.30. The van der Waals surface area contributed by atoms with E-state index in [0.29, 0.717) is 0 Å². The molecule has 2 heterocycles. The summed E-state index contributed by atoms with van der Waals surface area (Å²) >= 11 is 0. The summed E-state index contributed by atoms with van der Waals surface area (Å²) in [5, 5.41) is 15.2. The number of rotatable bonds is 1. The lowest BCUT2D eigenvalue weighted by Crippen LogP contribution is -2.23. The van der Waals surface area contributed by atoms with Gasteiger partial charge in [-0.1, -0.05) is 23.8 Å². The third kappa shape index (κ3) is 1.55. The molecule has 0 spiro atoms. The van der Waals surface area contributed by atoms with Gasteiger partial charge < -0.3 is 11.1 Å². The number of fused-ring (bicyclic) bond motifs is 1. The molecule has 0 unspecified atom stereocenters. The number of aromatic nitrogens is 2. The first-order valence-electron chi connectivity index (χ1n) is 5.94. The summed E-state index contributed by atoms with van der Waals surface area (Å²) in [4.78, 5) is 0. The van der Waals surface area contributed by atoms with Crippen LogP contribution in [0.15, 0.2) is 24.3 Å². The summed E-state index contributed by atoms with van der Waals surface area (Å²) in [6.07, 6.45) is 0.923. The highest BCUT2D eigenvalue weighted by Crippen LogP contribution is 2.32. The number of anilines is 1. The van der Waals surface area contributed by atoms with Crippen LogP contribution < -0.4 is 11.1 Å². The lowest BCUT2D eigenvalue weighted by molar-refractivity contribution is 0.910. The Morgan fingerprint density at radius 2 is 2.33 bits per heavy atom. The summed E-state index contributed by atoms with van der Waals surface area (Å²) in [6, 6.07) is 8.22. The van der Waals surface area contributed by atoms with E-state index < -0.39 is 0 Å². The highest BCUT2D eigenvalue weighted by Gasteiger charge is 2.24. The monoisotopic (exact) mass is 241 g/mol. The molecule has 1 aromatic carbocycles. The van der Waals surface area contributed by atoms with E-state index in [1.807, 2.05) is 12.1 Å². The molecule has 0 bridgehead atoms. The zero-order valence-corrected chi connectivity index (χ0v) is 10.2. The van der Waals surface area contributed by atoms with Crippen molar-refractivity contribution >= 4 is 11.8 Å². The van der Waals surface area contributed by atoms with Crippen LogP contribution in [-0.2, 0) is 6.42 Å². The average Bonchev–Trinajstić information content (AvgIpc) is 2.88. The lowest BCUT2D eigenvalue weighted by atomic mass is 10.0. The second-order valence-corrected chi connectivity index (χ2v) is 4.52. The van der Waals surface area contributed by atoms with E-state index in [0.717, 1.165) is 35.6 Å². The average molecular weight is 241 g/mol. The van der Waals surface area contributed by atoms with Crippen molar-refractivity contribution in [2.24, 2.45) is 5.73 Å². The quantitative estimate of drug-likeness (QED) is 0.523. The van der Waals surface area contributed by atoms with Gasteiger partial charge in [0.15, 0.2) is 0 Å². The Balaban J connectivity index is 2.19. The van der Waals surface area contributed by atoms with Gasteiger partial charge in [-0.05, 0) is 19.4 Å². The summed E-state index contributed by atoms with van der Waals surface area (Å²) in [6.45, 7) is 2.93. The summed E-state index contributed by atoms with van der Waals surface area (Å²) in [5.74, 6) is 0.804. The number of aryl methyl sites for hydroxylation is 1. The number of nitrogens with one attached hydrogen (secondary N) is 2. The zero-order valence-electron chi connectivity index (χ0n) is 10.2. The molecule has 4 N–H and O–H groups in total. The van der Waals surface area contributed by atoms with Crippen LogP contribution >= 0.6 is 0 Å². The molecule has 5 heteroatoms. The topological polar surface area (TPSA) is 79.7 Å². The molecule has 18 heavy (non-hydrogen) atoms. The predicted molar refractivity (Wildman–Crippen MR) is 71.9 cm³/mol. The van der Waals surface area contributed by atoms with Gasteiger partial charge in [0.1, 0.15) is 5.82 Å². The fourth-order valence-electron chi connectivity index (χ4n) is 2.37. The lowest BCUT2D eigenvalue weighted by Gasteiger charge is -2.02. The summed E-state index contributed by atoms with van der Waals surface area (Å²) in [5.41, 5.74) is 9.90. The minimum atomic E-state index is -0.0560. The Morgan fingerprint density at radius 1 is 1.50 bits per heavy atom. The van der Waals surface area contributed by atoms with Crippen molar-refractivity contribution in [3.8, 4) is 11.3 Å². The maximum Gasteiger partial charge on any atom is 0.215 e. The van der Waals surface area contributed by atoms with Crippen LogP contribution in [0, 0.1) is 12.3 Å². The summed E-state index contributed by atoms with van der Waals surface area (Å²) in [7, 11) is 0. The molecule has 0 atom stereocenters. The molecule has 1 aromatic heterocycles. The number of hydrogen-bond acceptors (Lipinski definition) is 3. The van der Waals surface area contributed by atoms with E-state index in [2.05, 4.69) is 29.5 Å². The molecule has 2 aromatic rings. The molecule has 0 saturated carbocycles. The standard InChI is InChI=1S/C13H15N5/c1-8-3-2-4-9(7-8)11-10-5-6-16-12(10)18(17-11)13(14)15/h2-4,7,16H,5-6H2,1H3,(H3,14,15). The van der Waals surface area contributed by atoms with Crippen molar-refractivity contribution < 1.29 is 0 Å². The highest BCUT2D eigenvalue weighted by atomic mass is 15.4. The van der Waals surface area contributed by atoms with Gasteiger partial charge in [-0.15, -0.1) is 0 Å². The van der Waals surface area contributed by atoms with Crippen LogP contribution in [-0.4, -0.2) is 22.3 Å². The predicted octanol–water partition coefficient (Wildman–Crippen LogP) is 1.57.